The second kappa shape index (κ2) is 8.04. The van der Waals surface area contributed by atoms with Gasteiger partial charge in [0.15, 0.2) is 6.10 Å². The van der Waals surface area contributed by atoms with E-state index in [2.05, 4.69) is 10.6 Å². The van der Waals surface area contributed by atoms with Crippen LogP contribution in [0.2, 0.25) is 10.0 Å². The second-order valence-corrected chi connectivity index (χ2v) is 5.85. The Hall–Kier alpha value is -2.24. The van der Waals surface area contributed by atoms with Crippen molar-refractivity contribution in [3.63, 3.8) is 0 Å². The number of ether oxygens (including phenoxy) is 1. The minimum atomic E-state index is -0.787. The molecule has 1 unspecified atom stereocenters. The smallest absolute Gasteiger partial charge is 0.265 e. The molecule has 0 aliphatic rings. The maximum atomic E-state index is 12.2. The lowest BCUT2D eigenvalue weighted by Crippen LogP contribution is -2.30. The van der Waals surface area contributed by atoms with Gasteiger partial charge in [0.1, 0.15) is 10.8 Å². The van der Waals surface area contributed by atoms with Crippen LogP contribution in [-0.2, 0) is 9.59 Å². The van der Waals surface area contributed by atoms with Gasteiger partial charge >= 0.3 is 0 Å². The van der Waals surface area contributed by atoms with Crippen LogP contribution in [0.1, 0.15) is 13.8 Å². The average molecular weight is 367 g/mol. The number of carbonyl (C=O) groups is 2. The molecule has 0 aromatic heterocycles. The summed E-state index contributed by atoms with van der Waals surface area (Å²) in [6, 6.07) is 11.8. The van der Waals surface area contributed by atoms with Crippen molar-refractivity contribution in [2.24, 2.45) is 0 Å². The summed E-state index contributed by atoms with van der Waals surface area (Å²) in [5.41, 5.74) is 1.13. The van der Waals surface area contributed by atoms with Gasteiger partial charge in [0, 0.05) is 18.3 Å². The van der Waals surface area contributed by atoms with Gasteiger partial charge in [-0.05, 0) is 37.3 Å². The highest BCUT2D eigenvalue weighted by atomic mass is 35.5. The zero-order valence-electron chi connectivity index (χ0n) is 13.1. The third-order valence-corrected chi connectivity index (χ3v) is 3.84. The molecule has 126 valence electrons. The van der Waals surface area contributed by atoms with Crippen LogP contribution in [0.15, 0.2) is 42.5 Å². The van der Waals surface area contributed by atoms with Crippen LogP contribution in [0.3, 0.4) is 0 Å². The number of rotatable bonds is 5. The summed E-state index contributed by atoms with van der Waals surface area (Å²) < 4.78 is 5.56. The molecule has 0 saturated heterocycles. The molecule has 0 aliphatic heterocycles. The van der Waals surface area contributed by atoms with E-state index in [0.717, 1.165) is 0 Å². The molecule has 24 heavy (non-hydrogen) atoms. The number of hydrogen-bond donors (Lipinski definition) is 2. The van der Waals surface area contributed by atoms with Gasteiger partial charge in [-0.25, -0.2) is 0 Å². The Morgan fingerprint density at radius 2 is 1.67 bits per heavy atom. The predicted molar refractivity (Wildman–Crippen MR) is 95.9 cm³/mol. The van der Waals surface area contributed by atoms with Gasteiger partial charge < -0.3 is 15.4 Å². The van der Waals surface area contributed by atoms with Crippen molar-refractivity contribution in [3.8, 4) is 5.75 Å². The van der Waals surface area contributed by atoms with E-state index in [1.54, 1.807) is 49.4 Å². The van der Waals surface area contributed by atoms with E-state index >= 15 is 0 Å². The van der Waals surface area contributed by atoms with E-state index in [0.29, 0.717) is 22.1 Å². The van der Waals surface area contributed by atoms with E-state index in [4.69, 9.17) is 27.9 Å². The number of halogens is 2. The average Bonchev–Trinajstić information content (AvgIpc) is 2.51. The van der Waals surface area contributed by atoms with Crippen LogP contribution in [0, 0.1) is 0 Å². The molecular formula is C17H16Cl2N2O3. The van der Waals surface area contributed by atoms with Gasteiger partial charge in [-0.3, -0.25) is 9.59 Å². The summed E-state index contributed by atoms with van der Waals surface area (Å²) in [7, 11) is 0. The van der Waals surface area contributed by atoms with E-state index in [1.165, 1.54) is 6.92 Å². The number of amides is 2. The minimum absolute atomic E-state index is 0.189. The van der Waals surface area contributed by atoms with Crippen molar-refractivity contribution in [2.45, 2.75) is 20.0 Å². The zero-order chi connectivity index (χ0) is 17.7. The van der Waals surface area contributed by atoms with Crippen molar-refractivity contribution in [1.29, 1.82) is 0 Å². The third-order valence-electron chi connectivity index (χ3n) is 3.04. The molecule has 5 nitrogen and oxygen atoms in total. The predicted octanol–water partition coefficient (Wildman–Crippen LogP) is 4.36. The van der Waals surface area contributed by atoms with Gasteiger partial charge in [-0.2, -0.15) is 0 Å². The van der Waals surface area contributed by atoms with E-state index in [1.807, 2.05) is 0 Å². The fourth-order valence-electron chi connectivity index (χ4n) is 1.94. The van der Waals surface area contributed by atoms with Gasteiger partial charge in [-0.1, -0.05) is 35.3 Å². The Balaban J connectivity index is 2.04. The molecule has 0 saturated carbocycles. The number of nitrogens with one attached hydrogen (secondary N) is 2. The van der Waals surface area contributed by atoms with Crippen LogP contribution in [0.5, 0.6) is 5.75 Å². The summed E-state index contributed by atoms with van der Waals surface area (Å²) in [5.74, 6) is -0.212. The molecule has 2 aromatic carbocycles. The Morgan fingerprint density at radius 3 is 2.33 bits per heavy atom. The largest absolute Gasteiger partial charge is 0.479 e. The molecular weight excluding hydrogens is 351 g/mol. The van der Waals surface area contributed by atoms with E-state index in [9.17, 15) is 9.59 Å². The van der Waals surface area contributed by atoms with Crippen molar-refractivity contribution < 1.29 is 14.3 Å². The van der Waals surface area contributed by atoms with Crippen LogP contribution in [0.4, 0.5) is 11.4 Å². The number of hydrogen-bond acceptors (Lipinski definition) is 3. The normalized spacial score (nSPS) is 11.5. The summed E-state index contributed by atoms with van der Waals surface area (Å²) in [4.78, 5) is 23.3. The fraction of sp³-hybridized carbons (Fsp3) is 0.176. The maximum Gasteiger partial charge on any atom is 0.265 e. The standard InChI is InChI=1S/C17H16Cl2N2O3/c1-10(24-15-8-4-7-14(18)16(15)19)17(23)21-13-6-3-5-12(9-13)20-11(2)22/h3-10H,1-2H3,(H,20,22)(H,21,23). The quantitative estimate of drug-likeness (QED) is 0.825. The van der Waals surface area contributed by atoms with E-state index in [-0.39, 0.29) is 16.8 Å². The Labute approximate surface area is 149 Å². The molecule has 2 aromatic rings. The zero-order valence-corrected chi connectivity index (χ0v) is 14.6. The lowest BCUT2D eigenvalue weighted by Gasteiger charge is -2.16. The summed E-state index contributed by atoms with van der Waals surface area (Å²) in [5, 5.41) is 5.97. The van der Waals surface area contributed by atoms with Crippen molar-refractivity contribution in [1.82, 2.24) is 0 Å². The molecule has 2 rings (SSSR count). The minimum Gasteiger partial charge on any atom is -0.479 e. The fourth-order valence-corrected chi connectivity index (χ4v) is 2.28. The first kappa shape index (κ1) is 18.1. The first-order valence-corrected chi connectivity index (χ1v) is 7.91. The highest BCUT2D eigenvalue weighted by Crippen LogP contribution is 2.32. The highest BCUT2D eigenvalue weighted by molar-refractivity contribution is 6.42. The molecule has 1 atom stereocenters. The van der Waals surface area contributed by atoms with Crippen molar-refractivity contribution in [2.75, 3.05) is 10.6 Å². The molecule has 0 heterocycles. The lowest BCUT2D eigenvalue weighted by atomic mass is 10.2. The number of anilines is 2. The van der Waals surface area contributed by atoms with Crippen LogP contribution in [0.25, 0.3) is 0 Å². The summed E-state index contributed by atoms with van der Waals surface area (Å²) in [6.07, 6.45) is -0.787. The van der Waals surface area contributed by atoms with Crippen molar-refractivity contribution in [3.05, 3.63) is 52.5 Å². The van der Waals surface area contributed by atoms with Crippen LogP contribution in [-0.4, -0.2) is 17.9 Å². The highest BCUT2D eigenvalue weighted by Gasteiger charge is 2.17. The van der Waals surface area contributed by atoms with Gasteiger partial charge in [-0.15, -0.1) is 0 Å². The van der Waals surface area contributed by atoms with Crippen LogP contribution >= 0.6 is 23.2 Å². The van der Waals surface area contributed by atoms with Gasteiger partial charge in [0.05, 0.1) is 5.02 Å². The third kappa shape index (κ3) is 4.88. The van der Waals surface area contributed by atoms with E-state index < -0.39 is 6.10 Å². The van der Waals surface area contributed by atoms with Gasteiger partial charge in [0.2, 0.25) is 5.91 Å². The summed E-state index contributed by atoms with van der Waals surface area (Å²) in [6.45, 7) is 3.01. The molecule has 2 amide bonds. The molecule has 0 bridgehead atoms. The molecule has 0 aliphatic carbocycles. The maximum absolute atomic E-state index is 12.2. The first-order chi connectivity index (χ1) is 11.4. The Kier molecular flexibility index (Phi) is 6.06. The molecule has 7 heteroatoms. The lowest BCUT2D eigenvalue weighted by molar-refractivity contribution is -0.122. The molecule has 0 spiro atoms. The first-order valence-electron chi connectivity index (χ1n) is 7.16. The molecule has 0 fully saturated rings. The molecule has 2 N–H and O–H groups in total. The Morgan fingerprint density at radius 1 is 1.04 bits per heavy atom. The second-order valence-electron chi connectivity index (χ2n) is 5.06. The van der Waals surface area contributed by atoms with Crippen LogP contribution < -0.4 is 15.4 Å². The Bertz CT molecular complexity index is 765. The summed E-state index contributed by atoms with van der Waals surface area (Å²) >= 11 is 12.0. The topological polar surface area (TPSA) is 67.4 Å². The molecule has 0 radical (unpaired) electrons. The number of carbonyl (C=O) groups excluding carboxylic acids is 2. The monoisotopic (exact) mass is 366 g/mol. The van der Waals surface area contributed by atoms with Crippen molar-refractivity contribution >= 4 is 46.4 Å². The SMILES string of the molecule is CC(=O)Nc1cccc(NC(=O)C(C)Oc2cccc(Cl)c2Cl)c1. The number of benzene rings is 2. The van der Waals surface area contributed by atoms with Gasteiger partial charge in [0.25, 0.3) is 5.91 Å².